The van der Waals surface area contributed by atoms with Crippen molar-refractivity contribution in [2.24, 2.45) is 5.92 Å². The molecule has 1 aromatic carbocycles. The Balaban J connectivity index is 1.73. The second kappa shape index (κ2) is 5.85. The molecule has 1 saturated heterocycles. The highest BCUT2D eigenvalue weighted by atomic mass is 16.5. The van der Waals surface area contributed by atoms with Crippen LogP contribution in [0, 0.1) is 5.92 Å². The van der Waals surface area contributed by atoms with Crippen molar-refractivity contribution in [2.75, 3.05) is 26.9 Å². The molecule has 116 valence electrons. The van der Waals surface area contributed by atoms with Gasteiger partial charge in [0, 0.05) is 36.6 Å². The van der Waals surface area contributed by atoms with E-state index in [1.54, 1.807) is 0 Å². The van der Waals surface area contributed by atoms with E-state index in [1.807, 2.05) is 19.2 Å². The molecule has 0 amide bonds. The van der Waals surface area contributed by atoms with Crippen LogP contribution in [0.2, 0.25) is 0 Å². The molecule has 4 heteroatoms. The van der Waals surface area contributed by atoms with Crippen LogP contribution in [-0.4, -0.2) is 32.5 Å². The molecule has 2 aliphatic rings. The Hall–Kier alpha value is -1.26. The number of rotatable bonds is 4. The molecule has 3 rings (SSSR count). The van der Waals surface area contributed by atoms with Gasteiger partial charge in [-0.1, -0.05) is 6.07 Å². The van der Waals surface area contributed by atoms with E-state index >= 15 is 0 Å². The Labute approximate surface area is 126 Å². The quantitative estimate of drug-likeness (QED) is 0.926. The lowest BCUT2D eigenvalue weighted by atomic mass is 9.90. The van der Waals surface area contributed by atoms with Gasteiger partial charge in [-0.15, -0.1) is 0 Å². The highest BCUT2D eigenvalue weighted by Gasteiger charge is 2.33. The summed E-state index contributed by atoms with van der Waals surface area (Å²) in [6.45, 7) is 6.65. The largest absolute Gasteiger partial charge is 0.493 e. The van der Waals surface area contributed by atoms with Crippen LogP contribution in [0.1, 0.15) is 38.3 Å². The van der Waals surface area contributed by atoms with Gasteiger partial charge in [0.05, 0.1) is 13.2 Å². The first kappa shape index (κ1) is 14.7. The van der Waals surface area contributed by atoms with Gasteiger partial charge >= 0.3 is 0 Å². The van der Waals surface area contributed by atoms with Gasteiger partial charge in [0.2, 0.25) is 0 Å². The van der Waals surface area contributed by atoms with Crippen LogP contribution in [0.3, 0.4) is 0 Å². The van der Waals surface area contributed by atoms with Crippen molar-refractivity contribution in [1.29, 1.82) is 0 Å². The topological polar surface area (TPSA) is 39.7 Å². The molecule has 0 saturated carbocycles. The molecule has 1 N–H and O–H groups in total. The van der Waals surface area contributed by atoms with E-state index in [-0.39, 0.29) is 5.60 Å². The van der Waals surface area contributed by atoms with E-state index in [2.05, 4.69) is 25.2 Å². The minimum absolute atomic E-state index is 0.154. The molecule has 1 aromatic rings. The Morgan fingerprint density at radius 1 is 1.38 bits per heavy atom. The first-order chi connectivity index (χ1) is 10.1. The third-order valence-electron chi connectivity index (χ3n) is 4.30. The number of nitrogens with one attached hydrogen (secondary N) is 1. The third-order valence-corrected chi connectivity index (χ3v) is 4.30. The number of ether oxygens (including phenoxy) is 3. The normalized spacial score (nSPS) is 27.0. The molecular weight excluding hydrogens is 266 g/mol. The highest BCUT2D eigenvalue weighted by Crippen LogP contribution is 2.41. The molecule has 2 unspecified atom stereocenters. The number of hydrogen-bond acceptors (Lipinski definition) is 4. The maximum absolute atomic E-state index is 6.12. The smallest absolute Gasteiger partial charge is 0.128 e. The van der Waals surface area contributed by atoms with Crippen LogP contribution >= 0.6 is 0 Å². The summed E-state index contributed by atoms with van der Waals surface area (Å²) in [5.74, 6) is 2.34. The zero-order valence-corrected chi connectivity index (χ0v) is 13.1. The van der Waals surface area contributed by atoms with Crippen molar-refractivity contribution in [2.45, 2.75) is 38.3 Å². The molecule has 2 atom stereocenters. The summed E-state index contributed by atoms with van der Waals surface area (Å²) < 4.78 is 17.4. The first-order valence-electron chi connectivity index (χ1n) is 7.78. The molecule has 0 aromatic heterocycles. The molecular formula is C17H25NO3. The molecule has 2 aliphatic heterocycles. The van der Waals surface area contributed by atoms with Crippen LogP contribution in [0.25, 0.3) is 0 Å². The van der Waals surface area contributed by atoms with Gasteiger partial charge in [0.25, 0.3) is 0 Å². The van der Waals surface area contributed by atoms with E-state index in [1.165, 1.54) is 5.56 Å². The van der Waals surface area contributed by atoms with Crippen LogP contribution in [-0.2, 0) is 4.74 Å². The van der Waals surface area contributed by atoms with Gasteiger partial charge in [0.15, 0.2) is 0 Å². The van der Waals surface area contributed by atoms with Gasteiger partial charge in [-0.25, -0.2) is 0 Å². The summed E-state index contributed by atoms with van der Waals surface area (Å²) in [5, 5.41) is 3.37. The van der Waals surface area contributed by atoms with Crippen LogP contribution in [0.5, 0.6) is 11.5 Å². The number of fused-ring (bicyclic) bond motifs is 1. The molecule has 0 bridgehead atoms. The minimum atomic E-state index is -0.154. The number of hydrogen-bond donors (Lipinski definition) is 1. The fourth-order valence-electron chi connectivity index (χ4n) is 3.11. The average Bonchev–Trinajstić information content (AvgIpc) is 2.96. The Morgan fingerprint density at radius 3 is 2.95 bits per heavy atom. The zero-order valence-electron chi connectivity index (χ0n) is 13.1. The molecule has 21 heavy (non-hydrogen) atoms. The van der Waals surface area contributed by atoms with Gasteiger partial charge < -0.3 is 19.5 Å². The van der Waals surface area contributed by atoms with E-state index in [9.17, 15) is 0 Å². The van der Waals surface area contributed by atoms with Gasteiger partial charge in [-0.2, -0.15) is 0 Å². The molecule has 0 aliphatic carbocycles. The monoisotopic (exact) mass is 291 g/mol. The van der Waals surface area contributed by atoms with Crippen molar-refractivity contribution in [3.8, 4) is 11.5 Å². The van der Waals surface area contributed by atoms with Crippen LogP contribution < -0.4 is 14.8 Å². The Kier molecular flexibility index (Phi) is 4.09. The van der Waals surface area contributed by atoms with Gasteiger partial charge in [-0.05, 0) is 33.4 Å². The zero-order chi connectivity index (χ0) is 14.9. The van der Waals surface area contributed by atoms with E-state index in [0.29, 0.717) is 12.0 Å². The maximum Gasteiger partial charge on any atom is 0.128 e. The molecule has 0 spiro atoms. The summed E-state index contributed by atoms with van der Waals surface area (Å²) in [6.07, 6.45) is 2.06. The fraction of sp³-hybridized carbons (Fsp3) is 0.647. The predicted octanol–water partition coefficient (Wildman–Crippen LogP) is 2.92. The van der Waals surface area contributed by atoms with E-state index < -0.39 is 0 Å². The SMILES string of the molecule is CNC1CC(C)(C)Oc2cc(OCC3CCOC3)ccc21. The Bertz CT molecular complexity index is 495. The molecule has 0 radical (unpaired) electrons. The van der Waals surface area contributed by atoms with Crippen LogP contribution in [0.4, 0.5) is 0 Å². The fourth-order valence-corrected chi connectivity index (χ4v) is 3.11. The summed E-state index contributed by atoms with van der Waals surface area (Å²) >= 11 is 0. The summed E-state index contributed by atoms with van der Waals surface area (Å²) in [5.41, 5.74) is 1.06. The summed E-state index contributed by atoms with van der Waals surface area (Å²) in [7, 11) is 2.00. The summed E-state index contributed by atoms with van der Waals surface area (Å²) in [4.78, 5) is 0. The van der Waals surface area contributed by atoms with Crippen molar-refractivity contribution < 1.29 is 14.2 Å². The van der Waals surface area contributed by atoms with Crippen molar-refractivity contribution in [3.63, 3.8) is 0 Å². The second-order valence-corrected chi connectivity index (χ2v) is 6.65. The van der Waals surface area contributed by atoms with E-state index in [4.69, 9.17) is 14.2 Å². The molecule has 1 fully saturated rings. The maximum atomic E-state index is 6.12. The lowest BCUT2D eigenvalue weighted by Crippen LogP contribution is -2.38. The molecule has 4 nitrogen and oxygen atoms in total. The Morgan fingerprint density at radius 2 is 2.24 bits per heavy atom. The predicted molar refractivity (Wildman–Crippen MR) is 82.0 cm³/mol. The minimum Gasteiger partial charge on any atom is -0.493 e. The standard InChI is InChI=1S/C17H25NO3/c1-17(2)9-15(18-3)14-5-4-13(8-16(14)21-17)20-11-12-6-7-19-10-12/h4-5,8,12,15,18H,6-7,9-11H2,1-3H3. The number of benzene rings is 1. The molecule has 2 heterocycles. The van der Waals surface area contributed by atoms with Gasteiger partial charge in [-0.3, -0.25) is 0 Å². The van der Waals surface area contributed by atoms with Crippen molar-refractivity contribution in [1.82, 2.24) is 5.32 Å². The van der Waals surface area contributed by atoms with Gasteiger partial charge in [0.1, 0.15) is 17.1 Å². The average molecular weight is 291 g/mol. The third kappa shape index (κ3) is 3.33. The lowest BCUT2D eigenvalue weighted by Gasteiger charge is -2.37. The van der Waals surface area contributed by atoms with Crippen LogP contribution in [0.15, 0.2) is 18.2 Å². The lowest BCUT2D eigenvalue weighted by molar-refractivity contribution is 0.0670. The van der Waals surface area contributed by atoms with E-state index in [0.717, 1.165) is 44.2 Å². The highest BCUT2D eigenvalue weighted by molar-refractivity contribution is 5.44. The first-order valence-corrected chi connectivity index (χ1v) is 7.78. The summed E-state index contributed by atoms with van der Waals surface area (Å²) in [6, 6.07) is 6.52. The van der Waals surface area contributed by atoms with Crippen molar-refractivity contribution >= 4 is 0 Å². The second-order valence-electron chi connectivity index (χ2n) is 6.65. The van der Waals surface area contributed by atoms with Crippen molar-refractivity contribution in [3.05, 3.63) is 23.8 Å².